The van der Waals surface area contributed by atoms with Crippen molar-refractivity contribution in [3.63, 3.8) is 0 Å². The van der Waals surface area contributed by atoms with Gasteiger partial charge in [0.15, 0.2) is 11.8 Å². The van der Waals surface area contributed by atoms with Crippen LogP contribution < -0.4 is 10.6 Å². The summed E-state index contributed by atoms with van der Waals surface area (Å²) in [7, 11) is 1.93. The third-order valence-corrected chi connectivity index (χ3v) is 4.69. The van der Waals surface area contributed by atoms with Crippen LogP contribution in [0.15, 0.2) is 34.1 Å². The highest BCUT2D eigenvalue weighted by Crippen LogP contribution is 2.24. The zero-order valence-electron chi connectivity index (χ0n) is 15.7. The van der Waals surface area contributed by atoms with E-state index in [1.54, 1.807) is 12.6 Å². The lowest BCUT2D eigenvalue weighted by molar-refractivity contribution is 0.146. The molecule has 1 atom stereocenters. The van der Waals surface area contributed by atoms with E-state index in [0.29, 0.717) is 6.54 Å². The van der Waals surface area contributed by atoms with Gasteiger partial charge < -0.3 is 19.6 Å². The van der Waals surface area contributed by atoms with Crippen molar-refractivity contribution >= 4 is 5.96 Å². The van der Waals surface area contributed by atoms with Crippen molar-refractivity contribution in [1.29, 1.82) is 0 Å². The molecule has 2 N–H and O–H groups in total. The molecule has 0 bridgehead atoms. The monoisotopic (exact) mass is 359 g/mol. The average molecular weight is 359 g/mol. The zero-order valence-corrected chi connectivity index (χ0v) is 15.7. The summed E-state index contributed by atoms with van der Waals surface area (Å²) < 4.78 is 7.59. The van der Waals surface area contributed by atoms with Crippen LogP contribution in [0.5, 0.6) is 0 Å². The fourth-order valence-corrected chi connectivity index (χ4v) is 3.26. The molecule has 26 heavy (non-hydrogen) atoms. The van der Waals surface area contributed by atoms with E-state index in [-0.39, 0.29) is 6.04 Å². The Morgan fingerprint density at radius 3 is 2.81 bits per heavy atom. The minimum absolute atomic E-state index is 0.212. The second-order valence-electron chi connectivity index (χ2n) is 6.56. The maximum atomic E-state index is 5.71. The Morgan fingerprint density at radius 1 is 1.31 bits per heavy atom. The van der Waals surface area contributed by atoms with Gasteiger partial charge in [0.25, 0.3) is 0 Å². The van der Waals surface area contributed by atoms with Crippen LogP contribution in [0.4, 0.5) is 0 Å². The van der Waals surface area contributed by atoms with E-state index in [1.807, 2.05) is 17.7 Å². The number of piperidine rings is 1. The first-order valence-corrected chi connectivity index (χ1v) is 9.40. The van der Waals surface area contributed by atoms with E-state index in [0.717, 1.165) is 43.7 Å². The van der Waals surface area contributed by atoms with Crippen molar-refractivity contribution in [3.8, 4) is 0 Å². The Labute approximate surface area is 154 Å². The number of nitrogens with zero attached hydrogens (tertiary/aromatic N) is 5. The summed E-state index contributed by atoms with van der Waals surface area (Å²) >= 11 is 0. The molecule has 1 saturated heterocycles. The van der Waals surface area contributed by atoms with Gasteiger partial charge in [-0.1, -0.05) is 6.42 Å². The number of nitrogens with one attached hydrogen (secondary N) is 2. The molecule has 2 aromatic rings. The van der Waals surface area contributed by atoms with Crippen molar-refractivity contribution in [3.05, 3.63) is 36.3 Å². The first kappa shape index (κ1) is 18.4. The maximum absolute atomic E-state index is 5.71. The summed E-state index contributed by atoms with van der Waals surface area (Å²) in [6, 6.07) is 4.23. The van der Waals surface area contributed by atoms with Crippen LogP contribution in [-0.2, 0) is 13.6 Å². The molecule has 8 heteroatoms. The molecule has 1 fully saturated rings. The van der Waals surface area contributed by atoms with E-state index in [1.165, 1.54) is 19.3 Å². The van der Waals surface area contributed by atoms with Crippen LogP contribution in [0.2, 0.25) is 0 Å². The fraction of sp³-hybridized carbons (Fsp3) is 0.611. The van der Waals surface area contributed by atoms with Crippen molar-refractivity contribution < 1.29 is 4.42 Å². The predicted molar refractivity (Wildman–Crippen MR) is 101 cm³/mol. The van der Waals surface area contributed by atoms with Crippen LogP contribution in [0.3, 0.4) is 0 Å². The van der Waals surface area contributed by atoms with E-state index in [9.17, 15) is 0 Å². The molecule has 0 amide bonds. The fourth-order valence-electron chi connectivity index (χ4n) is 3.26. The quantitative estimate of drug-likeness (QED) is 0.578. The molecule has 0 radical (unpaired) electrons. The summed E-state index contributed by atoms with van der Waals surface area (Å²) in [4.78, 5) is 7.14. The van der Waals surface area contributed by atoms with Gasteiger partial charge in [-0.25, -0.2) is 4.99 Å². The normalized spacial score (nSPS) is 17.2. The van der Waals surface area contributed by atoms with Crippen molar-refractivity contribution in [2.24, 2.45) is 12.0 Å². The first-order chi connectivity index (χ1) is 12.8. The molecule has 1 unspecified atom stereocenters. The third kappa shape index (κ3) is 4.85. The van der Waals surface area contributed by atoms with Gasteiger partial charge in [0.2, 0.25) is 0 Å². The highest BCUT2D eigenvalue weighted by molar-refractivity contribution is 5.79. The number of aryl methyl sites for hydroxylation is 1. The summed E-state index contributed by atoms with van der Waals surface area (Å²) in [5.74, 6) is 2.62. The summed E-state index contributed by atoms with van der Waals surface area (Å²) in [6.07, 6.45) is 7.25. The van der Waals surface area contributed by atoms with Crippen molar-refractivity contribution in [2.75, 3.05) is 26.2 Å². The van der Waals surface area contributed by atoms with E-state index in [4.69, 9.17) is 4.42 Å². The Morgan fingerprint density at radius 2 is 2.15 bits per heavy atom. The van der Waals surface area contributed by atoms with Crippen LogP contribution in [0.1, 0.15) is 43.8 Å². The summed E-state index contributed by atoms with van der Waals surface area (Å²) in [5, 5.41) is 14.8. The maximum Gasteiger partial charge on any atom is 0.191 e. The van der Waals surface area contributed by atoms with Gasteiger partial charge >= 0.3 is 0 Å². The molecule has 3 heterocycles. The topological polar surface area (TPSA) is 83.5 Å². The first-order valence-electron chi connectivity index (χ1n) is 9.40. The summed E-state index contributed by atoms with van der Waals surface area (Å²) in [6.45, 7) is 6.33. The predicted octanol–water partition coefficient (Wildman–Crippen LogP) is 1.69. The molecule has 0 saturated carbocycles. The van der Waals surface area contributed by atoms with Gasteiger partial charge in [0, 0.05) is 20.1 Å². The SMILES string of the molecule is CCNC(=NCc1nncn1C)NCC(c1ccco1)N1CCCCC1. The van der Waals surface area contributed by atoms with Gasteiger partial charge in [-0.2, -0.15) is 0 Å². The minimum atomic E-state index is 0.212. The number of hydrogen-bond donors (Lipinski definition) is 2. The highest BCUT2D eigenvalue weighted by Gasteiger charge is 2.24. The van der Waals surface area contributed by atoms with Crippen molar-refractivity contribution in [2.45, 2.75) is 38.8 Å². The van der Waals surface area contributed by atoms with Gasteiger partial charge in [0.05, 0.1) is 12.3 Å². The standard InChI is InChI=1S/C18H29N7O/c1-3-19-18(21-13-17-23-22-14-24(17)2)20-12-15(16-8-7-11-26-16)25-9-5-4-6-10-25/h7-8,11,14-15H,3-6,9-10,12-13H2,1-2H3,(H2,19,20,21). The molecular formula is C18H29N7O. The largest absolute Gasteiger partial charge is 0.468 e. The number of rotatable bonds is 7. The third-order valence-electron chi connectivity index (χ3n) is 4.69. The molecule has 3 rings (SSSR count). The van der Waals surface area contributed by atoms with Gasteiger partial charge in [-0.15, -0.1) is 10.2 Å². The van der Waals surface area contributed by atoms with Gasteiger partial charge in [0.1, 0.15) is 18.6 Å². The van der Waals surface area contributed by atoms with E-state index in [2.05, 4.69) is 43.7 Å². The number of aromatic nitrogens is 3. The molecule has 142 valence electrons. The molecular weight excluding hydrogens is 330 g/mol. The molecule has 0 aliphatic carbocycles. The Balaban J connectivity index is 1.65. The van der Waals surface area contributed by atoms with E-state index >= 15 is 0 Å². The minimum Gasteiger partial charge on any atom is -0.468 e. The molecule has 0 aromatic carbocycles. The molecule has 8 nitrogen and oxygen atoms in total. The average Bonchev–Trinajstić information content (AvgIpc) is 3.33. The van der Waals surface area contributed by atoms with Crippen molar-refractivity contribution in [1.82, 2.24) is 30.3 Å². The molecule has 1 aliphatic rings. The van der Waals surface area contributed by atoms with Crippen LogP contribution in [0.25, 0.3) is 0 Å². The molecule has 2 aromatic heterocycles. The number of hydrogen-bond acceptors (Lipinski definition) is 5. The lowest BCUT2D eigenvalue weighted by atomic mass is 10.1. The number of guanidine groups is 1. The Kier molecular flexibility index (Phi) is 6.65. The Bertz CT molecular complexity index is 674. The van der Waals surface area contributed by atoms with E-state index < -0.39 is 0 Å². The number of furan rings is 1. The lowest BCUT2D eigenvalue weighted by Crippen LogP contribution is -2.44. The van der Waals surface area contributed by atoms with Crippen LogP contribution >= 0.6 is 0 Å². The number of aliphatic imine (C=N–C) groups is 1. The van der Waals surface area contributed by atoms with Crippen LogP contribution in [0, 0.1) is 0 Å². The number of likely N-dealkylation sites (tertiary alicyclic amines) is 1. The molecule has 0 spiro atoms. The second kappa shape index (κ2) is 9.38. The smallest absolute Gasteiger partial charge is 0.191 e. The molecule has 1 aliphatic heterocycles. The summed E-state index contributed by atoms with van der Waals surface area (Å²) in [5.41, 5.74) is 0. The zero-order chi connectivity index (χ0) is 18.2. The lowest BCUT2D eigenvalue weighted by Gasteiger charge is -2.33. The second-order valence-corrected chi connectivity index (χ2v) is 6.56. The highest BCUT2D eigenvalue weighted by atomic mass is 16.3. The van der Waals surface area contributed by atoms with Crippen LogP contribution in [-0.4, -0.2) is 51.8 Å². The van der Waals surface area contributed by atoms with Gasteiger partial charge in [-0.3, -0.25) is 4.90 Å². The Hall–Kier alpha value is -2.35. The van der Waals surface area contributed by atoms with Gasteiger partial charge in [-0.05, 0) is 45.0 Å².